The molecule has 0 saturated carbocycles. The van der Waals surface area contributed by atoms with E-state index >= 15 is 0 Å². The summed E-state index contributed by atoms with van der Waals surface area (Å²) in [5.74, 6) is -0.984. The van der Waals surface area contributed by atoms with Gasteiger partial charge in [-0.3, -0.25) is 0 Å². The van der Waals surface area contributed by atoms with Gasteiger partial charge in [-0.05, 0) is 42.5 Å². The van der Waals surface area contributed by atoms with Crippen molar-refractivity contribution in [3.63, 3.8) is 0 Å². The molecule has 0 radical (unpaired) electrons. The number of halogens is 6. The van der Waals surface area contributed by atoms with Gasteiger partial charge in [0.15, 0.2) is 0 Å². The van der Waals surface area contributed by atoms with Crippen molar-refractivity contribution in [1.29, 1.82) is 5.26 Å². The van der Waals surface area contributed by atoms with E-state index in [1.54, 1.807) is 0 Å². The summed E-state index contributed by atoms with van der Waals surface area (Å²) in [6, 6.07) is 8.76. The molecule has 0 amide bonds. The third kappa shape index (κ3) is 6.30. The van der Waals surface area contributed by atoms with Crippen molar-refractivity contribution in [2.75, 3.05) is 24.6 Å². The number of carboxylic acid groups (broad SMARTS) is 1. The van der Waals surface area contributed by atoms with Crippen LogP contribution in [-0.4, -0.2) is 36.9 Å². The Kier molecular flexibility index (Phi) is 6.81. The van der Waals surface area contributed by atoms with Crippen LogP contribution in [0.3, 0.4) is 0 Å². The number of nitrogens with zero attached hydrogens (tertiary/aromatic N) is 2. The Morgan fingerprint density at radius 2 is 1.70 bits per heavy atom. The Hall–Kier alpha value is -3.42. The number of rotatable bonds is 7. The molecule has 0 spiro atoms. The van der Waals surface area contributed by atoms with E-state index in [0.717, 1.165) is 12.1 Å². The summed E-state index contributed by atoms with van der Waals surface area (Å²) in [6.07, 6.45) is -9.61. The number of nitriles is 1. The number of alkyl halides is 6. The zero-order valence-electron chi connectivity index (χ0n) is 15.1. The number of aromatic carboxylic acids is 1. The highest BCUT2D eigenvalue weighted by atomic mass is 19.4. The zero-order valence-corrected chi connectivity index (χ0v) is 15.1. The van der Waals surface area contributed by atoms with Crippen LogP contribution in [0, 0.1) is 11.3 Å². The Balaban J connectivity index is 2.20. The molecule has 2 aromatic rings. The van der Waals surface area contributed by atoms with Gasteiger partial charge in [-0.2, -0.15) is 31.6 Å². The lowest BCUT2D eigenvalue weighted by molar-refractivity contribution is -0.137. The number of carboxylic acids is 1. The Bertz CT molecular complexity index is 933. The molecule has 2 rings (SSSR count). The van der Waals surface area contributed by atoms with Gasteiger partial charge in [0.05, 0.1) is 29.3 Å². The van der Waals surface area contributed by atoms with Gasteiger partial charge in [0.2, 0.25) is 0 Å². The molecule has 30 heavy (non-hydrogen) atoms. The summed E-state index contributed by atoms with van der Waals surface area (Å²) >= 11 is 0. The molecule has 0 atom stereocenters. The van der Waals surface area contributed by atoms with Gasteiger partial charge in [0.1, 0.15) is 18.9 Å². The third-order valence-electron chi connectivity index (χ3n) is 3.90. The summed E-state index contributed by atoms with van der Waals surface area (Å²) < 4.78 is 83.4. The minimum atomic E-state index is -4.91. The van der Waals surface area contributed by atoms with Crippen LogP contribution < -0.4 is 9.64 Å². The van der Waals surface area contributed by atoms with E-state index in [0.29, 0.717) is 11.0 Å². The van der Waals surface area contributed by atoms with Gasteiger partial charge in [-0.1, -0.05) is 0 Å². The van der Waals surface area contributed by atoms with Crippen molar-refractivity contribution in [3.05, 3.63) is 59.2 Å². The number of benzene rings is 2. The highest BCUT2D eigenvalue weighted by Gasteiger charge is 2.36. The molecular formula is C19H14F6N2O3. The third-order valence-corrected chi connectivity index (χ3v) is 3.90. The molecule has 0 heterocycles. The smallest absolute Gasteiger partial charge is 0.417 e. The molecule has 0 aliphatic carbocycles. The monoisotopic (exact) mass is 432 g/mol. The van der Waals surface area contributed by atoms with Crippen molar-refractivity contribution in [2.45, 2.75) is 12.4 Å². The number of anilines is 1. The fourth-order valence-electron chi connectivity index (χ4n) is 2.54. The minimum absolute atomic E-state index is 0.0155. The number of ether oxygens (including phenoxy) is 1. The average Bonchev–Trinajstić information content (AvgIpc) is 2.65. The zero-order chi connectivity index (χ0) is 22.5. The van der Waals surface area contributed by atoms with Crippen molar-refractivity contribution in [2.24, 2.45) is 0 Å². The van der Waals surface area contributed by atoms with Crippen LogP contribution in [0.2, 0.25) is 0 Å². The van der Waals surface area contributed by atoms with E-state index < -0.39 is 42.5 Å². The van der Waals surface area contributed by atoms with Crippen LogP contribution in [0.4, 0.5) is 32.0 Å². The summed E-state index contributed by atoms with van der Waals surface area (Å²) in [5, 5.41) is 17.6. The molecule has 0 saturated heterocycles. The van der Waals surface area contributed by atoms with Crippen LogP contribution in [0.5, 0.6) is 5.75 Å². The summed E-state index contributed by atoms with van der Waals surface area (Å²) in [5.41, 5.74) is -2.42. The lowest BCUT2D eigenvalue weighted by atomic mass is 10.1. The molecule has 11 heteroatoms. The SMILES string of the molecule is N#Cc1ccc(N(CCOc2ccc(C(=O)O)cc2)CC(F)(F)F)cc1C(F)(F)F. The standard InChI is InChI=1S/C19H14F6N2O3/c20-18(21,22)11-27(7-8-30-15-5-2-12(3-6-15)17(28)29)14-4-1-13(10-26)16(9-14)19(23,24)25/h1-6,9H,7-8,11H2,(H,28,29). The average molecular weight is 432 g/mol. The van der Waals surface area contributed by atoms with Crippen LogP contribution >= 0.6 is 0 Å². The second kappa shape index (κ2) is 8.94. The van der Waals surface area contributed by atoms with E-state index in [9.17, 15) is 31.1 Å². The fraction of sp³-hybridized carbons (Fsp3) is 0.263. The summed E-state index contributed by atoms with van der Waals surface area (Å²) in [6.45, 7) is -2.26. The van der Waals surface area contributed by atoms with E-state index in [-0.39, 0.29) is 23.6 Å². The molecule has 2 aromatic carbocycles. The quantitative estimate of drug-likeness (QED) is 0.641. The van der Waals surface area contributed by atoms with Gasteiger partial charge >= 0.3 is 18.3 Å². The predicted octanol–water partition coefficient (Wildman–Crippen LogP) is 4.72. The topological polar surface area (TPSA) is 73.6 Å². The van der Waals surface area contributed by atoms with Crippen molar-refractivity contribution in [3.8, 4) is 11.8 Å². The first kappa shape index (κ1) is 22.9. The van der Waals surface area contributed by atoms with Crippen LogP contribution in [0.1, 0.15) is 21.5 Å². The highest BCUT2D eigenvalue weighted by Crippen LogP contribution is 2.35. The van der Waals surface area contributed by atoms with E-state index in [2.05, 4.69) is 0 Å². The maximum Gasteiger partial charge on any atom is 0.417 e. The van der Waals surface area contributed by atoms with Gasteiger partial charge in [0.25, 0.3) is 0 Å². The molecule has 0 unspecified atom stereocenters. The molecule has 5 nitrogen and oxygen atoms in total. The molecule has 0 aliphatic heterocycles. The molecule has 0 aromatic heterocycles. The first-order chi connectivity index (χ1) is 13.9. The van der Waals surface area contributed by atoms with Crippen molar-refractivity contribution >= 4 is 11.7 Å². The Morgan fingerprint density at radius 3 is 2.20 bits per heavy atom. The van der Waals surface area contributed by atoms with Crippen molar-refractivity contribution in [1.82, 2.24) is 0 Å². The second-order valence-electron chi connectivity index (χ2n) is 6.05. The lowest BCUT2D eigenvalue weighted by Crippen LogP contribution is -2.37. The van der Waals surface area contributed by atoms with Crippen LogP contribution in [0.25, 0.3) is 0 Å². The largest absolute Gasteiger partial charge is 0.492 e. The van der Waals surface area contributed by atoms with Gasteiger partial charge in [-0.15, -0.1) is 0 Å². The molecular weight excluding hydrogens is 418 g/mol. The number of hydrogen-bond acceptors (Lipinski definition) is 4. The Labute approximate surface area is 166 Å². The highest BCUT2D eigenvalue weighted by molar-refractivity contribution is 5.87. The van der Waals surface area contributed by atoms with Gasteiger partial charge in [0, 0.05) is 5.69 Å². The maximum absolute atomic E-state index is 13.1. The lowest BCUT2D eigenvalue weighted by Gasteiger charge is -2.27. The fourth-order valence-corrected chi connectivity index (χ4v) is 2.54. The maximum atomic E-state index is 13.1. The molecule has 160 valence electrons. The number of carbonyl (C=O) groups is 1. The van der Waals surface area contributed by atoms with Crippen molar-refractivity contribution < 1.29 is 41.0 Å². The normalized spacial score (nSPS) is 11.6. The molecule has 0 bridgehead atoms. The second-order valence-corrected chi connectivity index (χ2v) is 6.05. The van der Waals surface area contributed by atoms with E-state index in [4.69, 9.17) is 15.1 Å². The first-order valence-corrected chi connectivity index (χ1v) is 8.30. The van der Waals surface area contributed by atoms with Gasteiger partial charge < -0.3 is 14.7 Å². The predicted molar refractivity (Wildman–Crippen MR) is 93.3 cm³/mol. The van der Waals surface area contributed by atoms with Crippen LogP contribution in [0.15, 0.2) is 42.5 Å². The summed E-state index contributed by atoms with van der Waals surface area (Å²) in [7, 11) is 0. The van der Waals surface area contributed by atoms with E-state index in [1.165, 1.54) is 30.3 Å². The first-order valence-electron chi connectivity index (χ1n) is 8.30. The van der Waals surface area contributed by atoms with Gasteiger partial charge in [-0.25, -0.2) is 4.79 Å². The number of hydrogen-bond donors (Lipinski definition) is 1. The van der Waals surface area contributed by atoms with E-state index in [1.807, 2.05) is 0 Å². The Morgan fingerprint density at radius 1 is 1.07 bits per heavy atom. The minimum Gasteiger partial charge on any atom is -0.492 e. The van der Waals surface area contributed by atoms with Crippen LogP contribution in [-0.2, 0) is 6.18 Å². The molecule has 0 fully saturated rings. The molecule has 1 N–H and O–H groups in total. The molecule has 0 aliphatic rings. The summed E-state index contributed by atoms with van der Waals surface area (Å²) in [4.78, 5) is 11.4.